The fourth-order valence-electron chi connectivity index (χ4n) is 2.21. The van der Waals surface area contributed by atoms with Gasteiger partial charge in [0.2, 0.25) is 10.0 Å². The maximum absolute atomic E-state index is 12.2. The van der Waals surface area contributed by atoms with Crippen molar-refractivity contribution in [2.75, 3.05) is 12.3 Å². The van der Waals surface area contributed by atoms with Crippen LogP contribution in [-0.4, -0.2) is 31.1 Å². The largest absolute Gasteiger partial charge is 0.215 e. The molecule has 0 aromatic heterocycles. The van der Waals surface area contributed by atoms with Crippen LogP contribution in [0, 0.1) is 11.3 Å². The van der Waals surface area contributed by atoms with Crippen molar-refractivity contribution >= 4 is 10.0 Å². The molecule has 18 heavy (non-hydrogen) atoms. The molecule has 0 saturated carbocycles. The van der Waals surface area contributed by atoms with Crippen LogP contribution in [0.4, 0.5) is 0 Å². The van der Waals surface area contributed by atoms with Crippen molar-refractivity contribution < 1.29 is 8.42 Å². The second kappa shape index (κ2) is 5.51. The van der Waals surface area contributed by atoms with Crippen molar-refractivity contribution in [3.63, 3.8) is 0 Å². The molecule has 1 unspecified atom stereocenters. The minimum absolute atomic E-state index is 0.0786. The van der Waals surface area contributed by atoms with Gasteiger partial charge in [0.15, 0.2) is 0 Å². The van der Waals surface area contributed by atoms with E-state index in [1.807, 2.05) is 30.3 Å². The molecule has 1 aliphatic heterocycles. The molecule has 5 heteroatoms. The smallest absolute Gasteiger partial charge is 0.212 e. The molecule has 1 saturated heterocycles. The lowest BCUT2D eigenvalue weighted by atomic mass is 10.2. The van der Waals surface area contributed by atoms with Crippen LogP contribution in [0.3, 0.4) is 0 Å². The van der Waals surface area contributed by atoms with E-state index in [0.717, 1.165) is 12.0 Å². The van der Waals surface area contributed by atoms with E-state index < -0.39 is 16.1 Å². The first-order valence-corrected chi connectivity index (χ1v) is 7.67. The first kappa shape index (κ1) is 13.1. The fourth-order valence-corrected chi connectivity index (χ4v) is 3.89. The van der Waals surface area contributed by atoms with Crippen LogP contribution >= 0.6 is 0 Å². The van der Waals surface area contributed by atoms with Crippen LogP contribution in [-0.2, 0) is 16.4 Å². The third kappa shape index (κ3) is 2.89. The molecular weight excluding hydrogens is 248 g/mol. The van der Waals surface area contributed by atoms with Gasteiger partial charge in [0, 0.05) is 6.54 Å². The van der Waals surface area contributed by atoms with E-state index in [2.05, 4.69) is 6.07 Å². The highest BCUT2D eigenvalue weighted by Crippen LogP contribution is 2.21. The molecule has 0 amide bonds. The van der Waals surface area contributed by atoms with E-state index >= 15 is 0 Å². The Kier molecular flexibility index (Phi) is 4.00. The molecular formula is C13H16N2O2S. The normalized spacial score (nSPS) is 20.7. The first-order chi connectivity index (χ1) is 8.63. The van der Waals surface area contributed by atoms with Gasteiger partial charge in [-0.1, -0.05) is 30.3 Å². The Labute approximate surface area is 108 Å². The molecule has 0 N–H and O–H groups in total. The van der Waals surface area contributed by atoms with Gasteiger partial charge in [0.25, 0.3) is 0 Å². The minimum atomic E-state index is -3.31. The number of sulfonamides is 1. The van der Waals surface area contributed by atoms with Crippen LogP contribution in [0.15, 0.2) is 30.3 Å². The maximum atomic E-state index is 12.2. The molecule has 1 aromatic rings. The van der Waals surface area contributed by atoms with Gasteiger partial charge >= 0.3 is 0 Å². The molecule has 0 radical (unpaired) electrons. The standard InChI is InChI=1S/C13H16N2O2S/c14-11-13-7-4-9-15(13)18(16,17)10-8-12-5-2-1-3-6-12/h1-3,5-6,13H,4,7-10H2. The SMILES string of the molecule is N#CC1CCCN1S(=O)(=O)CCc1ccccc1. The summed E-state index contributed by atoms with van der Waals surface area (Å²) in [5.41, 5.74) is 1.01. The topological polar surface area (TPSA) is 61.2 Å². The molecule has 1 atom stereocenters. The highest BCUT2D eigenvalue weighted by atomic mass is 32.2. The van der Waals surface area contributed by atoms with E-state index in [1.54, 1.807) is 0 Å². The van der Waals surface area contributed by atoms with Crippen LogP contribution in [0.2, 0.25) is 0 Å². The van der Waals surface area contributed by atoms with Gasteiger partial charge in [-0.3, -0.25) is 0 Å². The summed E-state index contributed by atoms with van der Waals surface area (Å²) in [4.78, 5) is 0. The highest BCUT2D eigenvalue weighted by molar-refractivity contribution is 7.89. The van der Waals surface area contributed by atoms with E-state index in [-0.39, 0.29) is 5.75 Å². The Morgan fingerprint density at radius 1 is 1.33 bits per heavy atom. The van der Waals surface area contributed by atoms with Gasteiger partial charge in [-0.2, -0.15) is 9.57 Å². The average Bonchev–Trinajstić information content (AvgIpc) is 2.87. The number of benzene rings is 1. The summed E-state index contributed by atoms with van der Waals surface area (Å²) >= 11 is 0. The van der Waals surface area contributed by atoms with Crippen LogP contribution in [0.25, 0.3) is 0 Å². The lowest BCUT2D eigenvalue weighted by Gasteiger charge is -2.18. The van der Waals surface area contributed by atoms with Gasteiger partial charge in [0.1, 0.15) is 6.04 Å². The van der Waals surface area contributed by atoms with Gasteiger partial charge in [0.05, 0.1) is 11.8 Å². The van der Waals surface area contributed by atoms with Crippen molar-refractivity contribution in [1.29, 1.82) is 5.26 Å². The number of rotatable bonds is 4. The summed E-state index contributed by atoms with van der Waals surface area (Å²) in [5, 5.41) is 8.93. The summed E-state index contributed by atoms with van der Waals surface area (Å²) in [5.74, 6) is 0.0786. The molecule has 96 valence electrons. The van der Waals surface area contributed by atoms with Gasteiger partial charge in [-0.25, -0.2) is 8.42 Å². The van der Waals surface area contributed by atoms with Crippen molar-refractivity contribution in [1.82, 2.24) is 4.31 Å². The second-order valence-corrected chi connectivity index (χ2v) is 6.49. The lowest BCUT2D eigenvalue weighted by Crippen LogP contribution is -2.36. The zero-order valence-electron chi connectivity index (χ0n) is 10.1. The van der Waals surface area contributed by atoms with E-state index in [0.29, 0.717) is 19.4 Å². The van der Waals surface area contributed by atoms with Crippen molar-refractivity contribution in [3.05, 3.63) is 35.9 Å². The number of hydrogen-bond donors (Lipinski definition) is 0. The van der Waals surface area contributed by atoms with E-state index in [9.17, 15) is 8.42 Å². The Morgan fingerprint density at radius 2 is 2.06 bits per heavy atom. The lowest BCUT2D eigenvalue weighted by molar-refractivity contribution is 0.437. The van der Waals surface area contributed by atoms with E-state index in [4.69, 9.17) is 5.26 Å². The molecule has 2 rings (SSSR count). The molecule has 4 nitrogen and oxygen atoms in total. The zero-order chi connectivity index (χ0) is 13.0. The maximum Gasteiger partial charge on any atom is 0.215 e. The number of nitrogens with zero attached hydrogens (tertiary/aromatic N) is 2. The Bertz CT molecular complexity index is 534. The third-order valence-corrected chi connectivity index (χ3v) is 5.07. The zero-order valence-corrected chi connectivity index (χ0v) is 10.9. The number of hydrogen-bond acceptors (Lipinski definition) is 3. The number of nitriles is 1. The molecule has 0 spiro atoms. The summed E-state index contributed by atoms with van der Waals surface area (Å²) in [6.07, 6.45) is 1.93. The molecule has 1 aromatic carbocycles. The third-order valence-electron chi connectivity index (χ3n) is 3.20. The Hall–Kier alpha value is -1.38. The summed E-state index contributed by atoms with van der Waals surface area (Å²) in [6, 6.07) is 11.1. The number of aryl methyl sites for hydroxylation is 1. The molecule has 0 bridgehead atoms. The minimum Gasteiger partial charge on any atom is -0.212 e. The summed E-state index contributed by atoms with van der Waals surface area (Å²) in [6.45, 7) is 0.481. The fraction of sp³-hybridized carbons (Fsp3) is 0.462. The average molecular weight is 264 g/mol. The molecule has 1 heterocycles. The van der Waals surface area contributed by atoms with Gasteiger partial charge in [-0.05, 0) is 24.8 Å². The predicted molar refractivity (Wildman–Crippen MR) is 69.3 cm³/mol. The van der Waals surface area contributed by atoms with Gasteiger partial charge in [-0.15, -0.1) is 0 Å². The van der Waals surface area contributed by atoms with Crippen LogP contribution < -0.4 is 0 Å². The van der Waals surface area contributed by atoms with Crippen molar-refractivity contribution in [2.24, 2.45) is 0 Å². The molecule has 1 aliphatic rings. The van der Waals surface area contributed by atoms with Crippen LogP contribution in [0.5, 0.6) is 0 Å². The second-order valence-electron chi connectivity index (χ2n) is 4.45. The first-order valence-electron chi connectivity index (χ1n) is 6.06. The molecule has 1 fully saturated rings. The quantitative estimate of drug-likeness (QED) is 0.829. The van der Waals surface area contributed by atoms with Gasteiger partial charge < -0.3 is 0 Å². The van der Waals surface area contributed by atoms with E-state index in [1.165, 1.54) is 4.31 Å². The summed E-state index contributed by atoms with van der Waals surface area (Å²) < 4.78 is 25.7. The predicted octanol–water partition coefficient (Wildman–Crippen LogP) is 1.55. The Morgan fingerprint density at radius 3 is 2.72 bits per heavy atom. The van der Waals surface area contributed by atoms with Crippen LogP contribution in [0.1, 0.15) is 18.4 Å². The Balaban J connectivity index is 2.02. The summed E-state index contributed by atoms with van der Waals surface area (Å²) in [7, 11) is -3.31. The highest BCUT2D eigenvalue weighted by Gasteiger charge is 2.33. The molecule has 0 aliphatic carbocycles. The monoisotopic (exact) mass is 264 g/mol. The van der Waals surface area contributed by atoms with Crippen molar-refractivity contribution in [3.8, 4) is 6.07 Å². The van der Waals surface area contributed by atoms with Crippen molar-refractivity contribution in [2.45, 2.75) is 25.3 Å².